The van der Waals surface area contributed by atoms with Gasteiger partial charge in [-0.2, -0.15) is 10.4 Å². The number of rotatable bonds is 9. The van der Waals surface area contributed by atoms with Gasteiger partial charge in [0.1, 0.15) is 11.6 Å². The van der Waals surface area contributed by atoms with Crippen LogP contribution in [0.1, 0.15) is 25.8 Å². The molecule has 2 amide bonds. The Morgan fingerprint density at radius 2 is 1.74 bits per heavy atom. The molecule has 1 aromatic heterocycles. The zero-order valence-electron chi connectivity index (χ0n) is 23.6. The van der Waals surface area contributed by atoms with Crippen LogP contribution < -0.4 is 0 Å². The van der Waals surface area contributed by atoms with E-state index in [4.69, 9.17) is 9.84 Å². The molecule has 0 saturated carbocycles. The van der Waals surface area contributed by atoms with Crippen molar-refractivity contribution in [2.45, 2.75) is 25.2 Å². The predicted octanol–water partition coefficient (Wildman–Crippen LogP) is 3.34. The van der Waals surface area contributed by atoms with E-state index in [1.807, 2.05) is 36.4 Å². The Morgan fingerprint density at radius 1 is 1.07 bits per heavy atom. The molecule has 0 radical (unpaired) electrons. The molecule has 0 fully saturated rings. The molecule has 216 valence electrons. The van der Waals surface area contributed by atoms with Crippen molar-refractivity contribution < 1.29 is 27.5 Å². The maximum absolute atomic E-state index is 13.6. The number of aromatic nitrogens is 2. The lowest BCUT2D eigenvalue weighted by Crippen LogP contribution is -2.43. The fourth-order valence-electron chi connectivity index (χ4n) is 4.35. The van der Waals surface area contributed by atoms with Gasteiger partial charge in [0.2, 0.25) is 10.0 Å². The highest BCUT2D eigenvalue weighted by atomic mass is 32.2. The first-order valence-electron chi connectivity index (χ1n) is 13.0. The minimum absolute atomic E-state index is 0.0174. The number of ether oxygens (including phenoxy) is 1. The Morgan fingerprint density at radius 3 is 2.33 bits per heavy atom. The van der Waals surface area contributed by atoms with E-state index in [-0.39, 0.29) is 41.2 Å². The molecular weight excluding hydrogens is 558 g/mol. The van der Waals surface area contributed by atoms with Gasteiger partial charge in [-0.05, 0) is 49.3 Å². The van der Waals surface area contributed by atoms with Gasteiger partial charge in [0, 0.05) is 50.5 Å². The summed E-state index contributed by atoms with van der Waals surface area (Å²) in [5.74, 6) is -1.78. The number of benzene rings is 2. The standard InChI is InChI=1S/C30H29N5O6S/c1-20-26(29(37)34(30(38)27(20)18-31)15-8-16-41-21(2)36)17-23-19-35(24-9-6-5-7-10-24)32-28(23)22-11-13-25(14-12-22)42(39,40)33(3)4/h5-7,9-14,17,19H,8,15-16H2,1-4H3/b26-17+. The number of para-hydroxylation sites is 1. The molecule has 2 aromatic carbocycles. The van der Waals surface area contributed by atoms with Gasteiger partial charge in [-0.1, -0.05) is 30.3 Å². The Labute approximate surface area is 244 Å². The monoisotopic (exact) mass is 587 g/mol. The van der Waals surface area contributed by atoms with E-state index >= 15 is 0 Å². The second-order valence-electron chi connectivity index (χ2n) is 9.65. The molecule has 0 atom stereocenters. The van der Waals surface area contributed by atoms with Crippen LogP contribution in [0.25, 0.3) is 23.0 Å². The van der Waals surface area contributed by atoms with Crippen LogP contribution in [-0.4, -0.2) is 72.4 Å². The number of sulfonamides is 1. The average molecular weight is 588 g/mol. The number of amides is 2. The molecular formula is C30H29N5O6S. The van der Waals surface area contributed by atoms with Crippen molar-refractivity contribution in [3.05, 3.63) is 83.1 Å². The van der Waals surface area contributed by atoms with Crippen molar-refractivity contribution in [2.24, 2.45) is 0 Å². The molecule has 0 unspecified atom stereocenters. The second kappa shape index (κ2) is 12.3. The molecule has 4 rings (SSSR count). The van der Waals surface area contributed by atoms with Gasteiger partial charge in [-0.15, -0.1) is 0 Å². The molecule has 0 spiro atoms. The molecule has 3 aromatic rings. The normalized spacial score (nSPS) is 15.0. The summed E-state index contributed by atoms with van der Waals surface area (Å²) in [6, 6.07) is 17.4. The summed E-state index contributed by atoms with van der Waals surface area (Å²) in [4.78, 5) is 38.7. The molecule has 11 nitrogen and oxygen atoms in total. The quantitative estimate of drug-likeness (QED) is 0.161. The molecule has 0 aliphatic carbocycles. The van der Waals surface area contributed by atoms with Gasteiger partial charge in [0.25, 0.3) is 11.8 Å². The van der Waals surface area contributed by atoms with Gasteiger partial charge in [0.05, 0.1) is 22.9 Å². The first kappa shape index (κ1) is 30.1. The number of carbonyl (C=O) groups excluding carboxylic acids is 3. The van der Waals surface area contributed by atoms with Crippen molar-refractivity contribution in [1.82, 2.24) is 19.0 Å². The number of nitrogens with zero attached hydrogens (tertiary/aromatic N) is 5. The lowest BCUT2D eigenvalue weighted by molar-refractivity contribution is -0.141. The fraction of sp³-hybridized carbons (Fsp3) is 0.233. The lowest BCUT2D eigenvalue weighted by Gasteiger charge is -2.27. The summed E-state index contributed by atoms with van der Waals surface area (Å²) in [5, 5.41) is 14.5. The summed E-state index contributed by atoms with van der Waals surface area (Å²) < 4.78 is 32.8. The molecule has 12 heteroatoms. The molecule has 0 bridgehead atoms. The van der Waals surface area contributed by atoms with E-state index < -0.39 is 27.8 Å². The third-order valence-corrected chi connectivity index (χ3v) is 8.46. The summed E-state index contributed by atoms with van der Waals surface area (Å²) >= 11 is 0. The van der Waals surface area contributed by atoms with Crippen LogP contribution in [0.5, 0.6) is 0 Å². The van der Waals surface area contributed by atoms with Crippen molar-refractivity contribution in [3.8, 4) is 23.0 Å². The van der Waals surface area contributed by atoms with E-state index in [2.05, 4.69) is 0 Å². The van der Waals surface area contributed by atoms with Gasteiger partial charge >= 0.3 is 5.97 Å². The Hall–Kier alpha value is -4.86. The summed E-state index contributed by atoms with van der Waals surface area (Å²) in [6.07, 6.45) is 3.50. The fourth-order valence-corrected chi connectivity index (χ4v) is 5.25. The molecule has 1 aliphatic heterocycles. The van der Waals surface area contributed by atoms with Gasteiger partial charge in [0.15, 0.2) is 0 Å². The second-order valence-corrected chi connectivity index (χ2v) is 11.8. The van der Waals surface area contributed by atoms with E-state index in [0.29, 0.717) is 16.8 Å². The van der Waals surface area contributed by atoms with E-state index in [1.165, 1.54) is 33.2 Å². The van der Waals surface area contributed by atoms with Crippen LogP contribution in [0.4, 0.5) is 0 Å². The van der Waals surface area contributed by atoms with Crippen molar-refractivity contribution in [1.29, 1.82) is 5.26 Å². The van der Waals surface area contributed by atoms with Crippen LogP contribution in [0.3, 0.4) is 0 Å². The maximum atomic E-state index is 13.6. The zero-order chi connectivity index (χ0) is 30.6. The largest absolute Gasteiger partial charge is 0.466 e. The van der Waals surface area contributed by atoms with Crippen LogP contribution in [0, 0.1) is 11.3 Å². The molecule has 42 heavy (non-hydrogen) atoms. The lowest BCUT2D eigenvalue weighted by atomic mass is 9.93. The van der Waals surface area contributed by atoms with Crippen molar-refractivity contribution in [3.63, 3.8) is 0 Å². The van der Waals surface area contributed by atoms with E-state index in [9.17, 15) is 28.1 Å². The van der Waals surface area contributed by atoms with Gasteiger partial charge < -0.3 is 4.74 Å². The average Bonchev–Trinajstić information content (AvgIpc) is 3.39. The smallest absolute Gasteiger partial charge is 0.302 e. The first-order valence-corrected chi connectivity index (χ1v) is 14.4. The number of hydrogen-bond acceptors (Lipinski definition) is 8. The first-order chi connectivity index (χ1) is 19.9. The molecule has 0 saturated heterocycles. The highest BCUT2D eigenvalue weighted by molar-refractivity contribution is 7.89. The van der Waals surface area contributed by atoms with E-state index in [0.717, 1.165) is 14.9 Å². The van der Waals surface area contributed by atoms with Crippen LogP contribution in [0.2, 0.25) is 0 Å². The van der Waals surface area contributed by atoms with Gasteiger partial charge in [-0.3, -0.25) is 19.3 Å². The Balaban J connectivity index is 1.82. The summed E-state index contributed by atoms with van der Waals surface area (Å²) in [6.45, 7) is 2.78. The Kier molecular flexibility index (Phi) is 8.84. The summed E-state index contributed by atoms with van der Waals surface area (Å²) in [5.41, 5.74) is 2.51. The predicted molar refractivity (Wildman–Crippen MR) is 154 cm³/mol. The molecule has 1 aliphatic rings. The maximum Gasteiger partial charge on any atom is 0.302 e. The van der Waals surface area contributed by atoms with Crippen LogP contribution >= 0.6 is 0 Å². The van der Waals surface area contributed by atoms with Crippen LogP contribution in [-0.2, 0) is 29.1 Å². The molecule has 2 heterocycles. The third kappa shape index (κ3) is 6.07. The van der Waals surface area contributed by atoms with Gasteiger partial charge in [-0.25, -0.2) is 17.4 Å². The van der Waals surface area contributed by atoms with Crippen molar-refractivity contribution in [2.75, 3.05) is 27.2 Å². The minimum Gasteiger partial charge on any atom is -0.466 e. The number of esters is 1. The highest BCUT2D eigenvalue weighted by Gasteiger charge is 2.35. The number of carbonyl (C=O) groups is 3. The molecule has 0 N–H and O–H groups in total. The highest BCUT2D eigenvalue weighted by Crippen LogP contribution is 2.32. The number of imide groups is 1. The minimum atomic E-state index is -3.65. The zero-order valence-corrected chi connectivity index (χ0v) is 24.4. The SMILES string of the molecule is CC(=O)OCCCN1C(=O)C(C#N)=C(C)/C(=C\c2cn(-c3ccccc3)nc2-c2ccc(S(=O)(=O)N(C)C)cc2)C1=O. The topological polar surface area (TPSA) is 143 Å². The number of hydrogen-bond donors (Lipinski definition) is 0. The van der Waals surface area contributed by atoms with E-state index in [1.54, 1.807) is 36.0 Å². The number of nitriles is 1. The van der Waals surface area contributed by atoms with Crippen molar-refractivity contribution >= 4 is 33.9 Å². The summed E-state index contributed by atoms with van der Waals surface area (Å²) in [7, 11) is -0.746. The Bertz CT molecular complexity index is 1750. The van der Waals surface area contributed by atoms with Crippen LogP contribution in [0.15, 0.2) is 82.4 Å². The third-order valence-electron chi connectivity index (χ3n) is 6.63.